The molecule has 126 valence electrons. The number of aromatic nitrogens is 2. The van der Waals surface area contributed by atoms with Crippen molar-refractivity contribution in [3.63, 3.8) is 0 Å². The van der Waals surface area contributed by atoms with Crippen LogP contribution < -0.4 is 11.0 Å². The standard InChI is InChI=1S/C10H15N3O5.C4H10/c1-11-6-2-3-13(10(17)12-6)9-8(16)7(15)5(4-14)18-9;1-3-4-2/h2-3,5,7-9,14-16H,4H2,1H3,(H,11,12,17);3-4H2,1-2H3/t5-,7-,8+,9-;/m1./s1. The fraction of sp³-hybridized carbons (Fsp3) is 0.714. The lowest BCUT2D eigenvalue weighted by Gasteiger charge is -2.17. The molecule has 0 spiro atoms. The summed E-state index contributed by atoms with van der Waals surface area (Å²) in [5, 5.41) is 31.0. The van der Waals surface area contributed by atoms with Crippen LogP contribution in [-0.2, 0) is 4.74 Å². The van der Waals surface area contributed by atoms with Gasteiger partial charge in [0.25, 0.3) is 0 Å². The average Bonchev–Trinajstić information content (AvgIpc) is 2.83. The Hall–Kier alpha value is -1.48. The van der Waals surface area contributed by atoms with Crippen LogP contribution in [0.4, 0.5) is 5.82 Å². The Balaban J connectivity index is 0.000000541. The summed E-state index contributed by atoms with van der Waals surface area (Å²) in [7, 11) is 1.62. The molecule has 0 unspecified atom stereocenters. The highest BCUT2D eigenvalue weighted by Crippen LogP contribution is 2.27. The van der Waals surface area contributed by atoms with Crippen LogP contribution in [0.2, 0.25) is 0 Å². The summed E-state index contributed by atoms with van der Waals surface area (Å²) in [5.74, 6) is 0.392. The molecule has 8 nitrogen and oxygen atoms in total. The minimum Gasteiger partial charge on any atom is -0.394 e. The third-order valence-corrected chi connectivity index (χ3v) is 3.38. The van der Waals surface area contributed by atoms with Gasteiger partial charge in [0.15, 0.2) is 6.23 Å². The second-order valence-corrected chi connectivity index (χ2v) is 4.98. The molecular weight excluding hydrogens is 290 g/mol. The van der Waals surface area contributed by atoms with Crippen molar-refractivity contribution in [1.29, 1.82) is 0 Å². The van der Waals surface area contributed by atoms with Gasteiger partial charge >= 0.3 is 5.69 Å². The van der Waals surface area contributed by atoms with Crippen LogP contribution >= 0.6 is 0 Å². The quantitative estimate of drug-likeness (QED) is 0.603. The highest BCUT2D eigenvalue weighted by atomic mass is 16.6. The molecule has 0 saturated carbocycles. The fourth-order valence-corrected chi connectivity index (χ4v) is 1.86. The normalized spacial score (nSPS) is 27.2. The lowest BCUT2D eigenvalue weighted by Crippen LogP contribution is -2.36. The SMILES string of the molecule is CCCC.CNc1ccn([C@@H]2O[C@H](CO)[C@@H](O)[C@@H]2O)c(=O)n1. The Morgan fingerprint density at radius 3 is 2.36 bits per heavy atom. The van der Waals surface area contributed by atoms with Crippen molar-refractivity contribution in [2.75, 3.05) is 19.0 Å². The van der Waals surface area contributed by atoms with E-state index in [1.54, 1.807) is 7.05 Å². The zero-order valence-corrected chi connectivity index (χ0v) is 13.1. The molecule has 1 aromatic rings. The molecule has 1 saturated heterocycles. The van der Waals surface area contributed by atoms with E-state index in [0.29, 0.717) is 5.82 Å². The maximum atomic E-state index is 11.7. The lowest BCUT2D eigenvalue weighted by molar-refractivity contribution is -0.0549. The largest absolute Gasteiger partial charge is 0.394 e. The van der Waals surface area contributed by atoms with Crippen LogP contribution in [0.5, 0.6) is 0 Å². The van der Waals surface area contributed by atoms with Gasteiger partial charge in [-0.2, -0.15) is 4.98 Å². The van der Waals surface area contributed by atoms with Crippen molar-refractivity contribution in [1.82, 2.24) is 9.55 Å². The smallest absolute Gasteiger partial charge is 0.351 e. The van der Waals surface area contributed by atoms with Crippen molar-refractivity contribution < 1.29 is 20.1 Å². The maximum absolute atomic E-state index is 11.7. The molecule has 0 aromatic carbocycles. The van der Waals surface area contributed by atoms with Crippen molar-refractivity contribution in [3.8, 4) is 0 Å². The van der Waals surface area contributed by atoms with E-state index in [1.807, 2.05) is 0 Å². The third kappa shape index (κ3) is 4.26. The van der Waals surface area contributed by atoms with Gasteiger partial charge in [-0.05, 0) is 6.07 Å². The van der Waals surface area contributed by atoms with E-state index in [2.05, 4.69) is 24.1 Å². The lowest BCUT2D eigenvalue weighted by atomic mass is 10.1. The minimum atomic E-state index is -1.29. The first kappa shape index (κ1) is 18.6. The maximum Gasteiger partial charge on any atom is 0.351 e. The van der Waals surface area contributed by atoms with E-state index in [4.69, 9.17) is 9.84 Å². The van der Waals surface area contributed by atoms with Gasteiger partial charge in [-0.1, -0.05) is 26.7 Å². The molecule has 0 aliphatic carbocycles. The molecule has 8 heteroatoms. The zero-order chi connectivity index (χ0) is 16.7. The molecule has 1 aromatic heterocycles. The molecule has 0 bridgehead atoms. The Bertz CT molecular complexity index is 505. The fourth-order valence-electron chi connectivity index (χ4n) is 1.86. The van der Waals surface area contributed by atoms with Gasteiger partial charge in [0, 0.05) is 13.2 Å². The van der Waals surface area contributed by atoms with Crippen molar-refractivity contribution in [2.24, 2.45) is 0 Å². The second kappa shape index (κ2) is 8.84. The van der Waals surface area contributed by atoms with Crippen LogP contribution in [0.3, 0.4) is 0 Å². The van der Waals surface area contributed by atoms with E-state index < -0.39 is 36.8 Å². The van der Waals surface area contributed by atoms with Gasteiger partial charge in [0.1, 0.15) is 24.1 Å². The summed E-state index contributed by atoms with van der Waals surface area (Å²) in [6.45, 7) is 3.92. The first-order valence-corrected chi connectivity index (χ1v) is 7.39. The summed E-state index contributed by atoms with van der Waals surface area (Å²) in [6, 6.07) is 1.54. The van der Waals surface area contributed by atoms with Crippen LogP contribution in [0, 0.1) is 0 Å². The Kier molecular flexibility index (Phi) is 7.46. The number of ether oxygens (including phenoxy) is 1. The molecule has 0 amide bonds. The van der Waals surface area contributed by atoms with Gasteiger partial charge in [0.2, 0.25) is 0 Å². The van der Waals surface area contributed by atoms with Crippen molar-refractivity contribution in [2.45, 2.75) is 51.2 Å². The molecule has 2 rings (SSSR count). The summed E-state index contributed by atoms with van der Waals surface area (Å²) < 4.78 is 6.30. The number of anilines is 1. The Morgan fingerprint density at radius 2 is 1.95 bits per heavy atom. The molecule has 4 N–H and O–H groups in total. The summed E-state index contributed by atoms with van der Waals surface area (Å²) in [5.41, 5.74) is -0.614. The van der Waals surface area contributed by atoms with Crippen LogP contribution in [0.1, 0.15) is 32.9 Å². The molecule has 1 fully saturated rings. The molecule has 22 heavy (non-hydrogen) atoms. The van der Waals surface area contributed by atoms with Gasteiger partial charge in [-0.15, -0.1) is 0 Å². The molecule has 1 aliphatic rings. The first-order valence-electron chi connectivity index (χ1n) is 7.39. The summed E-state index contributed by atoms with van der Waals surface area (Å²) in [4.78, 5) is 15.4. The summed E-state index contributed by atoms with van der Waals surface area (Å²) in [6.07, 6.45) is -0.455. The van der Waals surface area contributed by atoms with Crippen molar-refractivity contribution >= 4 is 5.82 Å². The van der Waals surface area contributed by atoms with E-state index in [-0.39, 0.29) is 0 Å². The number of hydrogen-bond donors (Lipinski definition) is 4. The highest BCUT2D eigenvalue weighted by molar-refractivity contribution is 5.30. The predicted octanol–water partition coefficient (Wildman–Crippen LogP) is -0.297. The topological polar surface area (TPSA) is 117 Å². The van der Waals surface area contributed by atoms with E-state index in [1.165, 1.54) is 25.1 Å². The van der Waals surface area contributed by atoms with Crippen molar-refractivity contribution in [3.05, 3.63) is 22.7 Å². The molecular formula is C14H25N3O5. The Labute approximate surface area is 129 Å². The van der Waals surface area contributed by atoms with E-state index >= 15 is 0 Å². The predicted molar refractivity (Wildman–Crippen MR) is 81.6 cm³/mol. The molecule has 1 aliphatic heterocycles. The second-order valence-electron chi connectivity index (χ2n) is 4.98. The minimum absolute atomic E-state index is 0.392. The zero-order valence-electron chi connectivity index (χ0n) is 13.1. The van der Waals surface area contributed by atoms with E-state index in [0.717, 1.165) is 4.57 Å². The van der Waals surface area contributed by atoms with Crippen LogP contribution in [-0.4, -0.2) is 56.8 Å². The Morgan fingerprint density at radius 1 is 1.32 bits per heavy atom. The first-order chi connectivity index (χ1) is 10.5. The van der Waals surface area contributed by atoms with Crippen LogP contribution in [0.25, 0.3) is 0 Å². The van der Waals surface area contributed by atoms with Crippen LogP contribution in [0.15, 0.2) is 17.1 Å². The highest BCUT2D eigenvalue weighted by Gasteiger charge is 2.43. The van der Waals surface area contributed by atoms with Gasteiger partial charge < -0.3 is 25.4 Å². The number of nitrogens with one attached hydrogen (secondary N) is 1. The number of rotatable bonds is 4. The molecule has 4 atom stereocenters. The third-order valence-electron chi connectivity index (χ3n) is 3.38. The number of unbranched alkanes of at least 4 members (excludes halogenated alkanes) is 1. The van der Waals surface area contributed by atoms with E-state index in [9.17, 15) is 15.0 Å². The van der Waals surface area contributed by atoms with Gasteiger partial charge in [0.05, 0.1) is 6.61 Å². The monoisotopic (exact) mass is 315 g/mol. The number of hydrogen-bond acceptors (Lipinski definition) is 7. The number of aliphatic hydroxyl groups is 3. The van der Waals surface area contributed by atoms with Gasteiger partial charge in [-0.25, -0.2) is 4.79 Å². The molecule has 0 radical (unpaired) electrons. The average molecular weight is 315 g/mol. The number of nitrogens with zero attached hydrogens (tertiary/aromatic N) is 2. The van der Waals surface area contributed by atoms with Gasteiger partial charge in [-0.3, -0.25) is 4.57 Å². The molecule has 2 heterocycles. The summed E-state index contributed by atoms with van der Waals surface area (Å²) >= 11 is 0. The number of aliphatic hydroxyl groups excluding tert-OH is 3.